The quantitative estimate of drug-likeness (QED) is 0.114. The molecule has 0 bridgehead atoms. The van der Waals surface area contributed by atoms with E-state index in [2.05, 4.69) is 31.7 Å². The number of hydrogen-bond donors (Lipinski definition) is 3. The maximum absolute atomic E-state index is 14.4. The minimum absolute atomic E-state index is 0.0107. The van der Waals surface area contributed by atoms with Crippen molar-refractivity contribution in [3.05, 3.63) is 87.2 Å². The molecule has 2 aromatic heterocycles. The summed E-state index contributed by atoms with van der Waals surface area (Å²) in [5, 5.41) is 26.2. The van der Waals surface area contributed by atoms with Crippen LogP contribution < -0.4 is 15.4 Å². The summed E-state index contributed by atoms with van der Waals surface area (Å²) in [4.78, 5) is 26.5. The number of halogens is 4. The molecule has 2 aliphatic rings. The molecule has 286 valence electrons. The number of nitriles is 1. The number of rotatable bonds is 12. The largest absolute Gasteiger partial charge is 0.480 e. The van der Waals surface area contributed by atoms with E-state index in [4.69, 9.17) is 25.5 Å². The molecular formula is C39H37ClF3N7O5. The average molecular weight is 776 g/mol. The number of fused-ring (bicyclic) bond motifs is 2. The summed E-state index contributed by atoms with van der Waals surface area (Å²) < 4.78 is 59.8. The van der Waals surface area contributed by atoms with Gasteiger partial charge in [0.1, 0.15) is 17.3 Å². The molecule has 0 radical (unpaired) electrons. The lowest BCUT2D eigenvalue weighted by atomic mass is 9.95. The van der Waals surface area contributed by atoms with Crippen molar-refractivity contribution >= 4 is 34.5 Å². The van der Waals surface area contributed by atoms with Crippen LogP contribution in [-0.2, 0) is 35.2 Å². The average Bonchev–Trinajstić information content (AvgIpc) is 3.89. The van der Waals surface area contributed by atoms with Crippen LogP contribution in [0.1, 0.15) is 59.4 Å². The molecule has 3 heterocycles. The molecule has 1 saturated heterocycles. The number of carbonyl (C=O) groups excluding carboxylic acids is 1. The predicted octanol–water partition coefficient (Wildman–Crippen LogP) is 6.82. The molecule has 0 unspecified atom stereocenters. The number of carbonyl (C=O) groups is 1. The number of esters is 1. The maximum atomic E-state index is 14.4. The van der Waals surface area contributed by atoms with Crippen molar-refractivity contribution in [2.24, 2.45) is 0 Å². The number of anilines is 1. The first-order valence-electron chi connectivity index (χ1n) is 17.8. The van der Waals surface area contributed by atoms with Crippen LogP contribution in [0.15, 0.2) is 52.9 Å². The van der Waals surface area contributed by atoms with E-state index in [9.17, 15) is 28.3 Å². The normalized spacial score (nSPS) is 17.0. The number of aliphatic hydroxyl groups excluding tert-OH is 1. The monoisotopic (exact) mass is 775 g/mol. The third kappa shape index (κ3) is 7.95. The fraction of sp³-hybridized carbons (Fsp3) is 0.359. The number of hydrogen-bond acceptors (Lipinski definition) is 12. The smallest absolute Gasteiger partial charge is 0.437 e. The van der Waals surface area contributed by atoms with Crippen molar-refractivity contribution in [1.29, 1.82) is 5.26 Å². The number of aromatic nitrogens is 3. The minimum Gasteiger partial charge on any atom is -0.480 e. The number of methoxy groups -OCH3 is 1. The van der Waals surface area contributed by atoms with Crippen LogP contribution >= 0.6 is 11.6 Å². The van der Waals surface area contributed by atoms with Crippen molar-refractivity contribution in [3.8, 4) is 34.5 Å². The topological polar surface area (TPSA) is 159 Å². The van der Waals surface area contributed by atoms with Crippen LogP contribution in [0.4, 0.5) is 19.0 Å². The standard InChI is InChI=1S/C39H37ClF3N7O5/c1-3-54-32(52)18-45-17-21-14-22(16-44)34-30(15-21)48-37(55-34)28-9-5-8-27(33(28)40)24-6-4-7-26-25(24)10-11-29(26)47-36-35(39(41,42)43)46-31(38(49-36)53-2)20-50-13-12-23(51)19-50/h4-9,14-15,23,29,45,51H,3,10-13,17-20H2,1-2H3,(H,47,49)/t23-,29-/m1/s1. The Bertz CT molecular complexity index is 2290. The zero-order valence-electron chi connectivity index (χ0n) is 30.0. The highest BCUT2D eigenvalue weighted by atomic mass is 35.5. The van der Waals surface area contributed by atoms with Crippen molar-refractivity contribution in [1.82, 2.24) is 25.2 Å². The van der Waals surface area contributed by atoms with Gasteiger partial charge < -0.3 is 29.6 Å². The van der Waals surface area contributed by atoms with Gasteiger partial charge in [-0.25, -0.2) is 9.97 Å². The maximum Gasteiger partial charge on any atom is 0.437 e. The molecule has 3 aromatic carbocycles. The summed E-state index contributed by atoms with van der Waals surface area (Å²) in [6.07, 6.45) is -3.77. The van der Waals surface area contributed by atoms with E-state index in [1.165, 1.54) is 7.11 Å². The number of β-amino-alcohol motifs (C(OH)–C–C–N with tert-alkyl or cyclic N) is 1. The van der Waals surface area contributed by atoms with Crippen LogP contribution in [0.25, 0.3) is 33.7 Å². The molecule has 55 heavy (non-hydrogen) atoms. The highest BCUT2D eigenvalue weighted by Crippen LogP contribution is 2.45. The van der Waals surface area contributed by atoms with E-state index in [0.29, 0.717) is 66.1 Å². The molecule has 3 N–H and O–H groups in total. The fourth-order valence-corrected chi connectivity index (χ4v) is 7.53. The highest BCUT2D eigenvalue weighted by molar-refractivity contribution is 6.36. The molecule has 12 nitrogen and oxygen atoms in total. The number of benzene rings is 3. The second-order valence-corrected chi connectivity index (χ2v) is 13.7. The number of nitrogens with one attached hydrogen (secondary N) is 2. The van der Waals surface area contributed by atoms with Gasteiger partial charge in [-0.3, -0.25) is 9.69 Å². The van der Waals surface area contributed by atoms with Gasteiger partial charge >= 0.3 is 12.1 Å². The minimum atomic E-state index is -4.79. The number of nitrogens with zero attached hydrogens (tertiary/aromatic N) is 5. The first-order chi connectivity index (χ1) is 26.5. The summed E-state index contributed by atoms with van der Waals surface area (Å²) >= 11 is 7.08. The summed E-state index contributed by atoms with van der Waals surface area (Å²) in [6.45, 7) is 3.23. The highest BCUT2D eigenvalue weighted by Gasteiger charge is 2.40. The number of likely N-dealkylation sites (tertiary alicyclic amines) is 1. The molecule has 1 fully saturated rings. The molecule has 0 amide bonds. The second kappa shape index (κ2) is 15.8. The van der Waals surface area contributed by atoms with Crippen LogP contribution in [-0.4, -0.2) is 70.4 Å². The first-order valence-corrected chi connectivity index (χ1v) is 18.1. The lowest BCUT2D eigenvalue weighted by molar-refractivity contribution is -0.142. The van der Waals surface area contributed by atoms with Crippen LogP contribution in [0.2, 0.25) is 5.02 Å². The van der Waals surface area contributed by atoms with Gasteiger partial charge in [0.2, 0.25) is 11.8 Å². The van der Waals surface area contributed by atoms with E-state index in [1.54, 1.807) is 25.1 Å². The third-order valence-corrected chi connectivity index (χ3v) is 10.1. The Morgan fingerprint density at radius 2 is 1.91 bits per heavy atom. The van der Waals surface area contributed by atoms with E-state index >= 15 is 0 Å². The first kappa shape index (κ1) is 38.0. The third-order valence-electron chi connectivity index (χ3n) is 9.69. The molecule has 16 heteroatoms. The Balaban J connectivity index is 1.17. The van der Waals surface area contributed by atoms with Gasteiger partial charge in [0.05, 0.1) is 48.6 Å². The van der Waals surface area contributed by atoms with Gasteiger partial charge in [-0.2, -0.15) is 23.4 Å². The van der Waals surface area contributed by atoms with Gasteiger partial charge in [-0.15, -0.1) is 0 Å². The van der Waals surface area contributed by atoms with Gasteiger partial charge in [0, 0.05) is 31.7 Å². The fourth-order valence-electron chi connectivity index (χ4n) is 7.23. The van der Waals surface area contributed by atoms with E-state index in [-0.39, 0.29) is 48.7 Å². The van der Waals surface area contributed by atoms with E-state index < -0.39 is 29.8 Å². The van der Waals surface area contributed by atoms with Gasteiger partial charge in [-0.1, -0.05) is 41.9 Å². The number of aliphatic hydroxyl groups is 1. The Kier molecular flexibility index (Phi) is 10.9. The number of oxazole rings is 1. The number of ether oxygens (including phenoxy) is 2. The SMILES string of the molecule is CCOC(=O)CNCc1cc(C#N)c2oc(-c3cccc(-c4cccc5c4CC[C@H]5Nc4nc(OC)c(CN5CC[C@@H](O)C5)nc4C(F)(F)F)c3Cl)nc2c1. The molecule has 1 aliphatic carbocycles. The van der Waals surface area contributed by atoms with Crippen LogP contribution in [0.5, 0.6) is 5.88 Å². The Labute approximate surface area is 319 Å². The van der Waals surface area contributed by atoms with Gasteiger partial charge in [-0.05, 0) is 66.6 Å². The lowest BCUT2D eigenvalue weighted by Crippen LogP contribution is -2.25. The molecule has 7 rings (SSSR count). The molecule has 5 aromatic rings. The van der Waals surface area contributed by atoms with Crippen molar-refractivity contribution in [2.75, 3.05) is 38.7 Å². The number of alkyl halides is 3. The molecule has 0 spiro atoms. The Morgan fingerprint density at radius 3 is 2.64 bits per heavy atom. The summed E-state index contributed by atoms with van der Waals surface area (Å²) in [5.41, 5.74) is 4.33. The molecule has 2 atom stereocenters. The second-order valence-electron chi connectivity index (χ2n) is 13.4. The Hall–Kier alpha value is -5.27. The van der Waals surface area contributed by atoms with Crippen LogP contribution in [0, 0.1) is 11.3 Å². The lowest BCUT2D eigenvalue weighted by Gasteiger charge is -2.22. The summed E-state index contributed by atoms with van der Waals surface area (Å²) in [5.74, 6) is -0.623. The molecular weight excluding hydrogens is 739 g/mol. The van der Waals surface area contributed by atoms with Gasteiger partial charge in [0.15, 0.2) is 17.1 Å². The van der Waals surface area contributed by atoms with Gasteiger partial charge in [0.25, 0.3) is 0 Å². The molecule has 0 saturated carbocycles. The Morgan fingerprint density at radius 1 is 1.13 bits per heavy atom. The van der Waals surface area contributed by atoms with E-state index in [0.717, 1.165) is 22.3 Å². The van der Waals surface area contributed by atoms with E-state index in [1.807, 2.05) is 35.2 Å². The predicted molar refractivity (Wildman–Crippen MR) is 197 cm³/mol. The van der Waals surface area contributed by atoms with Crippen molar-refractivity contribution < 1.29 is 37.0 Å². The summed E-state index contributed by atoms with van der Waals surface area (Å²) in [6, 6.07) is 16.1. The molecule has 1 aliphatic heterocycles. The summed E-state index contributed by atoms with van der Waals surface area (Å²) in [7, 11) is 1.34. The van der Waals surface area contributed by atoms with Crippen molar-refractivity contribution in [2.45, 2.75) is 57.6 Å². The van der Waals surface area contributed by atoms with Crippen molar-refractivity contribution in [3.63, 3.8) is 0 Å². The van der Waals surface area contributed by atoms with Crippen LogP contribution in [0.3, 0.4) is 0 Å². The zero-order chi connectivity index (χ0) is 38.9. The zero-order valence-corrected chi connectivity index (χ0v) is 30.7.